The summed E-state index contributed by atoms with van der Waals surface area (Å²) in [5, 5.41) is 12.3. The van der Waals surface area contributed by atoms with Gasteiger partial charge in [-0.05, 0) is 36.6 Å². The summed E-state index contributed by atoms with van der Waals surface area (Å²) in [5.74, 6) is -0.816. The van der Waals surface area contributed by atoms with E-state index in [2.05, 4.69) is 5.32 Å². The van der Waals surface area contributed by atoms with Crippen molar-refractivity contribution in [2.45, 2.75) is 19.4 Å². The van der Waals surface area contributed by atoms with Gasteiger partial charge in [0.1, 0.15) is 0 Å². The van der Waals surface area contributed by atoms with Gasteiger partial charge in [0.2, 0.25) is 0 Å². The Labute approximate surface area is 82.8 Å². The van der Waals surface area contributed by atoms with Crippen molar-refractivity contribution in [3.05, 3.63) is 34.9 Å². The molecule has 0 aromatic heterocycles. The normalized spacial score (nSPS) is 15.7. The molecular formula is C11H13NO2. The molecule has 14 heavy (non-hydrogen) atoms. The summed E-state index contributed by atoms with van der Waals surface area (Å²) in [6.45, 7) is 1.75. The lowest BCUT2D eigenvalue weighted by Gasteiger charge is -2.08. The first kappa shape index (κ1) is 9.21. The van der Waals surface area contributed by atoms with Gasteiger partial charge in [0.25, 0.3) is 0 Å². The number of hydrogen-bond donors (Lipinski definition) is 2. The van der Waals surface area contributed by atoms with Crippen molar-refractivity contribution < 1.29 is 9.90 Å². The Morgan fingerprint density at radius 2 is 2.29 bits per heavy atom. The van der Waals surface area contributed by atoms with Crippen LogP contribution in [0.25, 0.3) is 0 Å². The maximum atomic E-state index is 11.0. The van der Waals surface area contributed by atoms with Crippen LogP contribution in [0, 0.1) is 0 Å². The fourth-order valence-corrected chi connectivity index (χ4v) is 1.91. The van der Waals surface area contributed by atoms with Crippen LogP contribution in [0.15, 0.2) is 18.2 Å². The van der Waals surface area contributed by atoms with Crippen LogP contribution >= 0.6 is 0 Å². The second-order valence-corrected chi connectivity index (χ2v) is 3.53. The molecule has 2 N–H and O–H groups in total. The van der Waals surface area contributed by atoms with Gasteiger partial charge in [-0.3, -0.25) is 0 Å². The second-order valence-electron chi connectivity index (χ2n) is 3.53. The summed E-state index contributed by atoms with van der Waals surface area (Å²) < 4.78 is 0. The number of rotatable bonds is 1. The highest BCUT2D eigenvalue weighted by atomic mass is 16.4. The van der Waals surface area contributed by atoms with E-state index in [9.17, 15) is 4.79 Å². The van der Waals surface area contributed by atoms with Crippen molar-refractivity contribution in [2.75, 3.05) is 6.54 Å². The summed E-state index contributed by atoms with van der Waals surface area (Å²) >= 11 is 0. The standard InChI is InChI=1S/C11H13NO2/c13-11(14)10-4-1-3-8-7-12-6-2-5-9(8)10/h1,3-4,12H,2,5-7H2,(H,13,14). The van der Waals surface area contributed by atoms with E-state index in [1.807, 2.05) is 12.1 Å². The number of carbonyl (C=O) groups is 1. The van der Waals surface area contributed by atoms with Crippen molar-refractivity contribution in [1.82, 2.24) is 5.32 Å². The molecule has 3 heteroatoms. The van der Waals surface area contributed by atoms with Crippen molar-refractivity contribution in [3.63, 3.8) is 0 Å². The number of carboxylic acid groups (broad SMARTS) is 1. The van der Waals surface area contributed by atoms with E-state index in [0.29, 0.717) is 5.56 Å². The van der Waals surface area contributed by atoms with Crippen LogP contribution in [-0.2, 0) is 13.0 Å². The Morgan fingerprint density at radius 3 is 3.07 bits per heavy atom. The number of nitrogens with one attached hydrogen (secondary N) is 1. The lowest BCUT2D eigenvalue weighted by atomic mass is 9.98. The number of aromatic carboxylic acids is 1. The lowest BCUT2D eigenvalue weighted by Crippen LogP contribution is -2.12. The largest absolute Gasteiger partial charge is 0.478 e. The number of carboxylic acids is 1. The molecule has 74 valence electrons. The Bertz CT molecular complexity index is 360. The van der Waals surface area contributed by atoms with Gasteiger partial charge in [0, 0.05) is 6.54 Å². The molecule has 0 fully saturated rings. The van der Waals surface area contributed by atoms with Crippen molar-refractivity contribution in [3.8, 4) is 0 Å². The molecule has 1 aromatic rings. The predicted molar refractivity (Wildman–Crippen MR) is 53.4 cm³/mol. The lowest BCUT2D eigenvalue weighted by molar-refractivity contribution is 0.0695. The average molecular weight is 191 g/mol. The second kappa shape index (κ2) is 3.80. The monoisotopic (exact) mass is 191 g/mol. The Morgan fingerprint density at radius 1 is 1.43 bits per heavy atom. The van der Waals surface area contributed by atoms with Crippen LogP contribution in [0.3, 0.4) is 0 Å². The topological polar surface area (TPSA) is 49.3 Å². The van der Waals surface area contributed by atoms with Gasteiger partial charge in [-0.1, -0.05) is 12.1 Å². The molecule has 0 radical (unpaired) electrons. The van der Waals surface area contributed by atoms with Crippen LogP contribution in [0.5, 0.6) is 0 Å². The molecule has 1 aromatic carbocycles. The van der Waals surface area contributed by atoms with Crippen LogP contribution in [0.1, 0.15) is 27.9 Å². The molecular weight excluding hydrogens is 178 g/mol. The Kier molecular flexibility index (Phi) is 2.50. The first-order chi connectivity index (χ1) is 6.79. The van der Waals surface area contributed by atoms with E-state index in [1.165, 1.54) is 0 Å². The number of hydrogen-bond acceptors (Lipinski definition) is 2. The third-order valence-corrected chi connectivity index (χ3v) is 2.60. The smallest absolute Gasteiger partial charge is 0.335 e. The predicted octanol–water partition coefficient (Wildman–Crippen LogP) is 1.42. The van der Waals surface area contributed by atoms with Gasteiger partial charge in [-0.15, -0.1) is 0 Å². The molecule has 1 aliphatic rings. The van der Waals surface area contributed by atoms with Gasteiger partial charge in [-0.2, -0.15) is 0 Å². The average Bonchev–Trinajstić information content (AvgIpc) is 2.41. The van der Waals surface area contributed by atoms with Gasteiger partial charge < -0.3 is 10.4 Å². The number of fused-ring (bicyclic) bond motifs is 1. The molecule has 0 aliphatic carbocycles. The highest BCUT2D eigenvalue weighted by Gasteiger charge is 2.14. The third kappa shape index (κ3) is 1.63. The molecule has 1 aliphatic heterocycles. The fraction of sp³-hybridized carbons (Fsp3) is 0.364. The zero-order chi connectivity index (χ0) is 9.97. The van der Waals surface area contributed by atoms with Gasteiger partial charge >= 0.3 is 5.97 Å². The molecule has 0 atom stereocenters. The summed E-state index contributed by atoms with van der Waals surface area (Å²) in [6, 6.07) is 5.50. The molecule has 3 nitrogen and oxygen atoms in total. The minimum Gasteiger partial charge on any atom is -0.478 e. The summed E-state index contributed by atoms with van der Waals surface area (Å²) in [7, 11) is 0. The SMILES string of the molecule is O=C(O)c1cccc2c1CCCNC2. The highest BCUT2D eigenvalue weighted by molar-refractivity contribution is 5.89. The Balaban J connectivity index is 2.47. The van der Waals surface area contributed by atoms with Gasteiger partial charge in [0.05, 0.1) is 5.56 Å². The molecule has 0 amide bonds. The van der Waals surface area contributed by atoms with E-state index >= 15 is 0 Å². The molecule has 1 heterocycles. The first-order valence-electron chi connectivity index (χ1n) is 4.84. The first-order valence-corrected chi connectivity index (χ1v) is 4.84. The van der Waals surface area contributed by atoms with E-state index in [-0.39, 0.29) is 0 Å². The maximum Gasteiger partial charge on any atom is 0.335 e. The van der Waals surface area contributed by atoms with E-state index < -0.39 is 5.97 Å². The molecule has 0 bridgehead atoms. The molecule has 0 saturated heterocycles. The van der Waals surface area contributed by atoms with Crippen LogP contribution in [-0.4, -0.2) is 17.6 Å². The maximum absolute atomic E-state index is 11.0. The minimum absolute atomic E-state index is 0.464. The molecule has 0 unspecified atom stereocenters. The van der Waals surface area contributed by atoms with Crippen LogP contribution < -0.4 is 5.32 Å². The van der Waals surface area contributed by atoms with Gasteiger partial charge in [-0.25, -0.2) is 4.79 Å². The fourth-order valence-electron chi connectivity index (χ4n) is 1.91. The summed E-state index contributed by atoms with van der Waals surface area (Å²) in [5.41, 5.74) is 2.60. The molecule has 2 rings (SSSR count). The van der Waals surface area contributed by atoms with Crippen LogP contribution in [0.2, 0.25) is 0 Å². The van der Waals surface area contributed by atoms with Crippen molar-refractivity contribution >= 4 is 5.97 Å². The zero-order valence-corrected chi connectivity index (χ0v) is 7.92. The highest BCUT2D eigenvalue weighted by Crippen LogP contribution is 2.19. The van der Waals surface area contributed by atoms with E-state index in [0.717, 1.165) is 37.1 Å². The van der Waals surface area contributed by atoms with Crippen LogP contribution in [0.4, 0.5) is 0 Å². The zero-order valence-electron chi connectivity index (χ0n) is 7.92. The van der Waals surface area contributed by atoms with Gasteiger partial charge in [0.15, 0.2) is 0 Å². The Hall–Kier alpha value is -1.35. The van der Waals surface area contributed by atoms with E-state index in [4.69, 9.17) is 5.11 Å². The number of benzene rings is 1. The minimum atomic E-state index is -0.816. The van der Waals surface area contributed by atoms with Crippen molar-refractivity contribution in [2.24, 2.45) is 0 Å². The summed E-state index contributed by atoms with van der Waals surface area (Å²) in [4.78, 5) is 11.0. The van der Waals surface area contributed by atoms with Crippen molar-refractivity contribution in [1.29, 1.82) is 0 Å². The molecule has 0 saturated carbocycles. The summed E-state index contributed by atoms with van der Waals surface area (Å²) in [6.07, 6.45) is 1.88. The molecule has 0 spiro atoms. The quantitative estimate of drug-likeness (QED) is 0.705. The van der Waals surface area contributed by atoms with E-state index in [1.54, 1.807) is 6.07 Å². The third-order valence-electron chi connectivity index (χ3n) is 2.60.